The fourth-order valence-electron chi connectivity index (χ4n) is 3.82. The number of carbonyl (C=O) groups excluding carboxylic acids is 4. The van der Waals surface area contributed by atoms with Crippen molar-refractivity contribution >= 4 is 23.1 Å². The van der Waals surface area contributed by atoms with E-state index in [1.807, 2.05) is 39.8 Å². The van der Waals surface area contributed by atoms with Gasteiger partial charge in [-0.05, 0) is 40.5 Å². The molecule has 2 aromatic rings. The topological polar surface area (TPSA) is 109 Å². The Balaban J connectivity index is 0.000000253. The molecule has 0 radical (unpaired) electrons. The van der Waals surface area contributed by atoms with E-state index in [2.05, 4.69) is 0 Å². The predicted octanol–water partition coefficient (Wildman–Crippen LogP) is 6.47. The van der Waals surface area contributed by atoms with E-state index >= 15 is 0 Å². The Morgan fingerprint density at radius 1 is 0.568 bits per heavy atom. The summed E-state index contributed by atoms with van der Waals surface area (Å²) >= 11 is 0. The van der Waals surface area contributed by atoms with Crippen molar-refractivity contribution in [1.29, 1.82) is 0 Å². The number of ketones is 4. The SMILES string of the molecule is CC(C)=CCC1=C(O)C(=O)c2ccccc2C1=O.CC(C)=CCC1=C(O)C(=O)c2ccccc2C1=O.[Zn]. The van der Waals surface area contributed by atoms with Crippen molar-refractivity contribution in [3.05, 3.63) is 117 Å². The van der Waals surface area contributed by atoms with Crippen LogP contribution < -0.4 is 0 Å². The van der Waals surface area contributed by atoms with Crippen LogP contribution in [0, 0.1) is 0 Å². The number of allylic oxidation sites excluding steroid dienone is 8. The largest absolute Gasteiger partial charge is 0.504 e. The van der Waals surface area contributed by atoms with Gasteiger partial charge in [-0.25, -0.2) is 0 Å². The molecule has 0 fully saturated rings. The molecule has 0 unspecified atom stereocenters. The molecule has 0 heterocycles. The van der Waals surface area contributed by atoms with Crippen LogP contribution >= 0.6 is 0 Å². The first-order valence-electron chi connectivity index (χ1n) is 11.5. The Bertz CT molecular complexity index is 1290. The third-order valence-electron chi connectivity index (χ3n) is 5.81. The number of aliphatic hydroxyl groups is 2. The summed E-state index contributed by atoms with van der Waals surface area (Å²) in [4.78, 5) is 48.2. The number of rotatable bonds is 4. The van der Waals surface area contributed by atoms with Crippen LogP contribution in [0.1, 0.15) is 82.0 Å². The first-order valence-corrected chi connectivity index (χ1v) is 11.5. The molecule has 0 aliphatic heterocycles. The molecule has 186 valence electrons. The van der Waals surface area contributed by atoms with E-state index in [0.717, 1.165) is 11.1 Å². The third kappa shape index (κ3) is 6.36. The molecule has 6 nitrogen and oxygen atoms in total. The summed E-state index contributed by atoms with van der Waals surface area (Å²) in [6, 6.07) is 13.1. The summed E-state index contributed by atoms with van der Waals surface area (Å²) in [5, 5.41) is 19.7. The molecule has 2 aromatic carbocycles. The van der Waals surface area contributed by atoms with Gasteiger partial charge in [-0.1, -0.05) is 71.8 Å². The number of benzene rings is 2. The second-order valence-electron chi connectivity index (χ2n) is 9.03. The fourth-order valence-corrected chi connectivity index (χ4v) is 3.82. The standard InChI is InChI=1S/2C15H14O3.Zn/c2*1-9(2)7-8-12-13(16)10-5-3-4-6-11(10)14(17)15(12)18;/h2*3-7,18H,8H2,1-2H3;. The number of carbonyl (C=O) groups is 4. The molecule has 0 saturated heterocycles. The van der Waals surface area contributed by atoms with Crippen molar-refractivity contribution in [3.8, 4) is 0 Å². The second kappa shape index (κ2) is 12.5. The summed E-state index contributed by atoms with van der Waals surface area (Å²) < 4.78 is 0. The Hall–Kier alpha value is -3.70. The van der Waals surface area contributed by atoms with Gasteiger partial charge in [0.1, 0.15) is 0 Å². The van der Waals surface area contributed by atoms with Crippen LogP contribution in [0.2, 0.25) is 0 Å². The van der Waals surface area contributed by atoms with Gasteiger partial charge in [0.15, 0.2) is 23.1 Å². The molecule has 7 heteroatoms. The van der Waals surface area contributed by atoms with Gasteiger partial charge in [0.25, 0.3) is 0 Å². The van der Waals surface area contributed by atoms with E-state index < -0.39 is 23.1 Å². The zero-order valence-corrected chi connectivity index (χ0v) is 24.4. The molecule has 2 aliphatic rings. The number of fused-ring (bicyclic) bond motifs is 2. The van der Waals surface area contributed by atoms with E-state index in [9.17, 15) is 29.4 Å². The van der Waals surface area contributed by atoms with Crippen LogP contribution in [0.3, 0.4) is 0 Å². The van der Waals surface area contributed by atoms with Crippen molar-refractivity contribution in [2.75, 3.05) is 0 Å². The molecule has 0 amide bonds. The van der Waals surface area contributed by atoms with Gasteiger partial charge in [-0.15, -0.1) is 0 Å². The molecule has 0 aromatic heterocycles. The maximum atomic E-state index is 12.2. The molecule has 0 bridgehead atoms. The predicted molar refractivity (Wildman–Crippen MR) is 138 cm³/mol. The van der Waals surface area contributed by atoms with Crippen LogP contribution in [0.25, 0.3) is 0 Å². The molecule has 2 N–H and O–H groups in total. The molecule has 0 spiro atoms. The zero-order valence-electron chi connectivity index (χ0n) is 21.4. The smallest absolute Gasteiger partial charge is 0.228 e. The average Bonchev–Trinajstić information content (AvgIpc) is 2.86. The summed E-state index contributed by atoms with van der Waals surface area (Å²) in [6.45, 7) is 7.61. The van der Waals surface area contributed by atoms with Gasteiger partial charge in [0.05, 0.1) is 0 Å². The minimum Gasteiger partial charge on any atom is -0.504 e. The molecule has 4 rings (SSSR count). The van der Waals surface area contributed by atoms with Crippen LogP contribution in [-0.4, -0.2) is 33.3 Å². The van der Waals surface area contributed by atoms with Gasteiger partial charge in [0, 0.05) is 52.9 Å². The third-order valence-corrected chi connectivity index (χ3v) is 5.81. The van der Waals surface area contributed by atoms with Crippen molar-refractivity contribution in [2.24, 2.45) is 0 Å². The molecule has 0 atom stereocenters. The summed E-state index contributed by atoms with van der Waals surface area (Å²) in [6.07, 6.45) is 4.22. The normalized spacial score (nSPS) is 14.2. The van der Waals surface area contributed by atoms with E-state index in [1.54, 1.807) is 48.5 Å². The quantitative estimate of drug-likeness (QED) is 0.334. The van der Waals surface area contributed by atoms with E-state index in [4.69, 9.17) is 0 Å². The van der Waals surface area contributed by atoms with Crippen molar-refractivity contribution in [2.45, 2.75) is 40.5 Å². The summed E-state index contributed by atoms with van der Waals surface area (Å²) in [7, 11) is 0. The van der Waals surface area contributed by atoms with Gasteiger partial charge >= 0.3 is 0 Å². The average molecular weight is 550 g/mol. The molecular formula is C30H28O6Zn. The number of Topliss-reactive ketones (excluding diaryl/α,β-unsaturated/α-hetero) is 4. The van der Waals surface area contributed by atoms with Gasteiger partial charge in [-0.2, -0.15) is 0 Å². The summed E-state index contributed by atoms with van der Waals surface area (Å²) in [5.41, 5.74) is 3.74. The Morgan fingerprint density at radius 3 is 1.11 bits per heavy atom. The first kappa shape index (κ1) is 29.5. The maximum absolute atomic E-state index is 12.2. The minimum atomic E-state index is -0.470. The van der Waals surface area contributed by atoms with E-state index in [0.29, 0.717) is 11.1 Å². The Labute approximate surface area is 228 Å². The van der Waals surface area contributed by atoms with Crippen LogP contribution in [0.5, 0.6) is 0 Å². The van der Waals surface area contributed by atoms with Gasteiger partial charge in [0.2, 0.25) is 11.6 Å². The maximum Gasteiger partial charge on any atom is 0.228 e. The fraction of sp³-hybridized carbons (Fsp3) is 0.200. The number of hydrogen-bond acceptors (Lipinski definition) is 6. The second-order valence-corrected chi connectivity index (χ2v) is 9.03. The van der Waals surface area contributed by atoms with Crippen molar-refractivity contribution < 1.29 is 48.9 Å². The summed E-state index contributed by atoms with van der Waals surface area (Å²) in [5.74, 6) is -2.31. The molecule has 0 saturated carbocycles. The van der Waals surface area contributed by atoms with Crippen LogP contribution in [-0.2, 0) is 19.5 Å². The Morgan fingerprint density at radius 2 is 0.838 bits per heavy atom. The van der Waals surface area contributed by atoms with Gasteiger partial charge < -0.3 is 10.2 Å². The van der Waals surface area contributed by atoms with Crippen LogP contribution in [0.4, 0.5) is 0 Å². The number of hydrogen-bond donors (Lipinski definition) is 2. The minimum absolute atomic E-state index is 0. The first-order chi connectivity index (χ1) is 17.0. The van der Waals surface area contributed by atoms with E-state index in [1.165, 1.54) is 0 Å². The monoisotopic (exact) mass is 548 g/mol. The van der Waals surface area contributed by atoms with Gasteiger partial charge in [-0.3, -0.25) is 19.2 Å². The molecule has 2 aliphatic carbocycles. The van der Waals surface area contributed by atoms with Crippen molar-refractivity contribution in [3.63, 3.8) is 0 Å². The molecular weight excluding hydrogens is 522 g/mol. The Kier molecular flexibility index (Phi) is 9.98. The zero-order chi connectivity index (χ0) is 26.6. The van der Waals surface area contributed by atoms with Crippen LogP contribution in [0.15, 0.2) is 94.5 Å². The van der Waals surface area contributed by atoms with Crippen molar-refractivity contribution in [1.82, 2.24) is 0 Å². The van der Waals surface area contributed by atoms with E-state index in [-0.39, 0.29) is 66.2 Å². The number of aliphatic hydroxyl groups excluding tert-OH is 2. The molecule has 37 heavy (non-hydrogen) atoms.